The van der Waals surface area contributed by atoms with Crippen molar-refractivity contribution >= 4 is 9.84 Å². The van der Waals surface area contributed by atoms with E-state index >= 15 is 0 Å². The highest BCUT2D eigenvalue weighted by Crippen LogP contribution is 2.32. The number of benzene rings is 1. The van der Waals surface area contributed by atoms with Gasteiger partial charge in [0.25, 0.3) is 0 Å². The first-order valence-electron chi connectivity index (χ1n) is 6.12. The number of nitrogens with zero attached hydrogens (tertiary/aromatic N) is 1. The summed E-state index contributed by atoms with van der Waals surface area (Å²) in [6, 6.07) is 12.7. The van der Waals surface area contributed by atoms with E-state index in [1.54, 1.807) is 18.3 Å². The van der Waals surface area contributed by atoms with Crippen molar-refractivity contribution in [2.45, 2.75) is 17.5 Å². The van der Waals surface area contributed by atoms with Gasteiger partial charge in [0.15, 0.2) is 9.84 Å². The molecule has 0 fully saturated rings. The SMILES string of the molecule is O=S1(=O)CC(NCc2ccccn2)c2ccccc21. The monoisotopic (exact) mass is 274 g/mol. The van der Waals surface area contributed by atoms with E-state index in [2.05, 4.69) is 10.3 Å². The summed E-state index contributed by atoms with van der Waals surface area (Å²) in [5.74, 6) is 0.124. The van der Waals surface area contributed by atoms with Gasteiger partial charge in [-0.05, 0) is 23.8 Å². The second kappa shape index (κ2) is 4.75. The summed E-state index contributed by atoms with van der Waals surface area (Å²) in [6.07, 6.45) is 1.73. The molecule has 0 spiro atoms. The van der Waals surface area contributed by atoms with Crippen LogP contribution in [-0.2, 0) is 16.4 Å². The Bertz CT molecular complexity index is 684. The zero-order chi connectivity index (χ0) is 13.3. The van der Waals surface area contributed by atoms with Crippen LogP contribution in [0, 0.1) is 0 Å². The number of sulfone groups is 1. The molecule has 5 heteroatoms. The first-order chi connectivity index (χ1) is 9.17. The Balaban J connectivity index is 1.81. The number of hydrogen-bond acceptors (Lipinski definition) is 4. The average molecular weight is 274 g/mol. The van der Waals surface area contributed by atoms with Crippen molar-refractivity contribution in [2.24, 2.45) is 0 Å². The zero-order valence-electron chi connectivity index (χ0n) is 10.3. The average Bonchev–Trinajstić information content (AvgIpc) is 2.70. The molecule has 1 atom stereocenters. The summed E-state index contributed by atoms with van der Waals surface area (Å²) in [4.78, 5) is 4.67. The fourth-order valence-corrected chi connectivity index (χ4v) is 4.12. The molecule has 0 aliphatic carbocycles. The Labute approximate surface area is 112 Å². The molecule has 2 aromatic rings. The lowest BCUT2D eigenvalue weighted by Gasteiger charge is -2.11. The predicted octanol–water partition coefficient (Wildman–Crippen LogP) is 1.70. The molecule has 2 heterocycles. The van der Waals surface area contributed by atoms with E-state index in [0.717, 1.165) is 11.3 Å². The first-order valence-corrected chi connectivity index (χ1v) is 7.77. The van der Waals surface area contributed by atoms with Gasteiger partial charge in [0.1, 0.15) is 0 Å². The van der Waals surface area contributed by atoms with E-state index in [1.165, 1.54) is 0 Å². The molecule has 1 N–H and O–H groups in total. The molecule has 0 saturated heterocycles. The van der Waals surface area contributed by atoms with Crippen molar-refractivity contribution in [3.63, 3.8) is 0 Å². The summed E-state index contributed by atoms with van der Waals surface area (Å²) < 4.78 is 24.0. The van der Waals surface area contributed by atoms with Gasteiger partial charge in [-0.25, -0.2) is 8.42 Å². The third kappa shape index (κ3) is 2.39. The molecular weight excluding hydrogens is 260 g/mol. The topological polar surface area (TPSA) is 59.1 Å². The molecule has 1 aromatic carbocycles. The van der Waals surface area contributed by atoms with Crippen LogP contribution in [0.15, 0.2) is 53.6 Å². The number of nitrogens with one attached hydrogen (secondary N) is 1. The molecule has 0 bridgehead atoms. The first kappa shape index (κ1) is 12.3. The van der Waals surface area contributed by atoms with Crippen LogP contribution in [0.2, 0.25) is 0 Å². The van der Waals surface area contributed by atoms with Crippen molar-refractivity contribution in [3.05, 3.63) is 59.9 Å². The van der Waals surface area contributed by atoms with Gasteiger partial charge in [-0.15, -0.1) is 0 Å². The Kier molecular flexibility index (Phi) is 3.08. The summed E-state index contributed by atoms with van der Waals surface area (Å²) in [6.45, 7) is 0.565. The summed E-state index contributed by atoms with van der Waals surface area (Å²) >= 11 is 0. The van der Waals surface area contributed by atoms with Crippen molar-refractivity contribution in [1.82, 2.24) is 10.3 Å². The lowest BCUT2D eigenvalue weighted by atomic mass is 10.1. The minimum absolute atomic E-state index is 0.124. The summed E-state index contributed by atoms with van der Waals surface area (Å²) in [5.41, 5.74) is 1.77. The van der Waals surface area contributed by atoms with Gasteiger partial charge in [0, 0.05) is 18.8 Å². The highest BCUT2D eigenvalue weighted by molar-refractivity contribution is 7.91. The number of rotatable bonds is 3. The maximum absolute atomic E-state index is 12.0. The van der Waals surface area contributed by atoms with E-state index in [1.807, 2.05) is 30.3 Å². The molecule has 3 rings (SSSR count). The van der Waals surface area contributed by atoms with Crippen LogP contribution >= 0.6 is 0 Å². The Morgan fingerprint density at radius 2 is 1.95 bits per heavy atom. The van der Waals surface area contributed by atoms with E-state index in [9.17, 15) is 8.42 Å². The number of aromatic nitrogens is 1. The molecule has 0 radical (unpaired) electrons. The largest absolute Gasteiger partial charge is 0.303 e. The Morgan fingerprint density at radius 1 is 1.16 bits per heavy atom. The normalized spacial score (nSPS) is 20.1. The molecule has 4 nitrogen and oxygen atoms in total. The van der Waals surface area contributed by atoms with Crippen LogP contribution in [0.4, 0.5) is 0 Å². The minimum atomic E-state index is -3.14. The lowest BCUT2D eigenvalue weighted by molar-refractivity contribution is 0.561. The second-order valence-electron chi connectivity index (χ2n) is 4.57. The third-order valence-corrected chi connectivity index (χ3v) is 5.09. The van der Waals surface area contributed by atoms with Crippen LogP contribution in [0.5, 0.6) is 0 Å². The van der Waals surface area contributed by atoms with Crippen LogP contribution in [-0.4, -0.2) is 19.2 Å². The third-order valence-electron chi connectivity index (χ3n) is 3.27. The maximum Gasteiger partial charge on any atom is 0.180 e. The van der Waals surface area contributed by atoms with Gasteiger partial charge in [-0.1, -0.05) is 24.3 Å². The molecule has 19 heavy (non-hydrogen) atoms. The van der Waals surface area contributed by atoms with E-state index < -0.39 is 9.84 Å². The Hall–Kier alpha value is -1.72. The number of pyridine rings is 1. The van der Waals surface area contributed by atoms with Crippen molar-refractivity contribution < 1.29 is 8.42 Å². The van der Waals surface area contributed by atoms with Crippen molar-refractivity contribution in [3.8, 4) is 0 Å². The molecular formula is C14H14N2O2S. The van der Waals surface area contributed by atoms with Gasteiger partial charge in [-0.3, -0.25) is 4.98 Å². The molecule has 1 unspecified atom stereocenters. The van der Waals surface area contributed by atoms with Gasteiger partial charge < -0.3 is 5.32 Å². The summed E-state index contributed by atoms with van der Waals surface area (Å²) in [7, 11) is -3.14. The van der Waals surface area contributed by atoms with E-state index in [4.69, 9.17) is 0 Å². The standard InChI is InChI=1S/C14H14N2O2S/c17-19(18)10-13(12-6-1-2-7-14(12)19)16-9-11-5-3-4-8-15-11/h1-8,13,16H,9-10H2. The van der Waals surface area contributed by atoms with Crippen molar-refractivity contribution in [2.75, 3.05) is 5.75 Å². The molecule has 1 aliphatic rings. The minimum Gasteiger partial charge on any atom is -0.303 e. The van der Waals surface area contributed by atoms with E-state index in [0.29, 0.717) is 11.4 Å². The molecule has 0 amide bonds. The number of fused-ring (bicyclic) bond motifs is 1. The molecule has 0 saturated carbocycles. The van der Waals surface area contributed by atoms with Crippen molar-refractivity contribution in [1.29, 1.82) is 0 Å². The van der Waals surface area contributed by atoms with Gasteiger partial charge in [0.05, 0.1) is 16.3 Å². The quantitative estimate of drug-likeness (QED) is 0.925. The van der Waals surface area contributed by atoms with Crippen LogP contribution in [0.3, 0.4) is 0 Å². The number of hydrogen-bond donors (Lipinski definition) is 1. The van der Waals surface area contributed by atoms with Crippen LogP contribution in [0.1, 0.15) is 17.3 Å². The highest BCUT2D eigenvalue weighted by atomic mass is 32.2. The smallest absolute Gasteiger partial charge is 0.180 e. The lowest BCUT2D eigenvalue weighted by Crippen LogP contribution is -2.22. The highest BCUT2D eigenvalue weighted by Gasteiger charge is 2.33. The van der Waals surface area contributed by atoms with Crippen LogP contribution < -0.4 is 5.32 Å². The summed E-state index contributed by atoms with van der Waals surface area (Å²) in [5, 5.41) is 3.27. The van der Waals surface area contributed by atoms with Gasteiger partial charge >= 0.3 is 0 Å². The fraction of sp³-hybridized carbons (Fsp3) is 0.214. The molecule has 1 aliphatic heterocycles. The predicted molar refractivity (Wildman–Crippen MR) is 72.3 cm³/mol. The molecule has 98 valence electrons. The van der Waals surface area contributed by atoms with Crippen LogP contribution in [0.25, 0.3) is 0 Å². The van der Waals surface area contributed by atoms with E-state index in [-0.39, 0.29) is 11.8 Å². The maximum atomic E-state index is 12.0. The Morgan fingerprint density at radius 3 is 2.74 bits per heavy atom. The van der Waals surface area contributed by atoms with Gasteiger partial charge in [0.2, 0.25) is 0 Å². The van der Waals surface area contributed by atoms with Gasteiger partial charge in [-0.2, -0.15) is 0 Å². The molecule has 1 aromatic heterocycles. The zero-order valence-corrected chi connectivity index (χ0v) is 11.1. The second-order valence-corrected chi connectivity index (χ2v) is 6.58. The fourth-order valence-electron chi connectivity index (χ4n) is 2.35.